The van der Waals surface area contributed by atoms with Gasteiger partial charge in [0.15, 0.2) is 0 Å². The summed E-state index contributed by atoms with van der Waals surface area (Å²) in [6.45, 7) is 0.220. The van der Waals surface area contributed by atoms with E-state index >= 15 is 0 Å². The summed E-state index contributed by atoms with van der Waals surface area (Å²) in [5.41, 5.74) is 3.95. The minimum Gasteiger partial charge on any atom is -0.488 e. The standard InChI is InChI=1S/C32H23Cl2FN2O4/c33-23-8-14-26(15-9-23)40-32(41-27-16-10-24(34)11-17-27)31(38)37-36-19-29-28-4-2-1-3-22(28)7-18-30(29)39-20-21-5-12-25(35)13-6-21/h1-19,32H,20H2,(H,37,38)/b36-19-. The van der Waals surface area contributed by atoms with Crippen LogP contribution in [0.2, 0.25) is 10.0 Å². The Kier molecular flexibility index (Phi) is 8.98. The Hall–Kier alpha value is -4.59. The second-order valence-corrected chi connectivity index (χ2v) is 9.70. The van der Waals surface area contributed by atoms with E-state index in [1.165, 1.54) is 18.3 Å². The van der Waals surface area contributed by atoms with E-state index in [1.54, 1.807) is 60.7 Å². The molecular weight excluding hydrogens is 566 g/mol. The lowest BCUT2D eigenvalue weighted by atomic mass is 10.0. The maximum atomic E-state index is 13.3. The molecule has 0 saturated heterocycles. The summed E-state index contributed by atoms with van der Waals surface area (Å²) in [6.07, 6.45) is 0.123. The fourth-order valence-electron chi connectivity index (χ4n) is 3.89. The Labute approximate surface area is 245 Å². The predicted molar refractivity (Wildman–Crippen MR) is 158 cm³/mol. The third-order valence-electron chi connectivity index (χ3n) is 5.93. The summed E-state index contributed by atoms with van der Waals surface area (Å²) in [4.78, 5) is 13.2. The van der Waals surface area contributed by atoms with Gasteiger partial charge in [-0.25, -0.2) is 9.82 Å². The Balaban J connectivity index is 1.36. The van der Waals surface area contributed by atoms with E-state index < -0.39 is 12.2 Å². The van der Waals surface area contributed by atoms with E-state index in [1.807, 2.05) is 36.4 Å². The molecule has 0 atom stereocenters. The molecule has 41 heavy (non-hydrogen) atoms. The number of halogens is 3. The number of hydrogen-bond acceptors (Lipinski definition) is 5. The van der Waals surface area contributed by atoms with Gasteiger partial charge in [-0.2, -0.15) is 5.10 Å². The minimum absolute atomic E-state index is 0.220. The second-order valence-electron chi connectivity index (χ2n) is 8.82. The van der Waals surface area contributed by atoms with Crippen LogP contribution in [0.4, 0.5) is 4.39 Å². The highest BCUT2D eigenvalue weighted by Gasteiger charge is 2.23. The van der Waals surface area contributed by atoms with Gasteiger partial charge >= 0.3 is 12.2 Å². The molecule has 0 radical (unpaired) electrons. The lowest BCUT2D eigenvalue weighted by Crippen LogP contribution is -2.40. The highest BCUT2D eigenvalue weighted by atomic mass is 35.5. The van der Waals surface area contributed by atoms with Crippen molar-refractivity contribution in [1.29, 1.82) is 0 Å². The maximum Gasteiger partial charge on any atom is 0.323 e. The quantitative estimate of drug-likeness (QED) is 0.103. The zero-order valence-electron chi connectivity index (χ0n) is 21.5. The lowest BCUT2D eigenvalue weighted by Gasteiger charge is -2.19. The van der Waals surface area contributed by atoms with Gasteiger partial charge in [0.2, 0.25) is 0 Å². The van der Waals surface area contributed by atoms with Crippen LogP contribution in [0.25, 0.3) is 10.8 Å². The number of hydrazone groups is 1. The van der Waals surface area contributed by atoms with Crippen molar-refractivity contribution in [2.75, 3.05) is 0 Å². The monoisotopic (exact) mass is 588 g/mol. The molecule has 5 aromatic carbocycles. The van der Waals surface area contributed by atoms with Gasteiger partial charge in [0.1, 0.15) is 29.7 Å². The molecule has 5 rings (SSSR count). The zero-order chi connectivity index (χ0) is 28.6. The number of benzene rings is 5. The van der Waals surface area contributed by atoms with Gasteiger partial charge in [-0.05, 0) is 83.1 Å². The van der Waals surface area contributed by atoms with Crippen molar-refractivity contribution in [2.45, 2.75) is 12.9 Å². The van der Waals surface area contributed by atoms with Crippen LogP contribution in [0.15, 0.2) is 114 Å². The van der Waals surface area contributed by atoms with Gasteiger partial charge in [0.25, 0.3) is 0 Å². The Morgan fingerprint density at radius 3 is 2.05 bits per heavy atom. The summed E-state index contributed by atoms with van der Waals surface area (Å²) in [6, 6.07) is 30.6. The van der Waals surface area contributed by atoms with Gasteiger partial charge in [-0.1, -0.05) is 65.7 Å². The summed E-state index contributed by atoms with van der Waals surface area (Å²) in [7, 11) is 0. The normalized spacial score (nSPS) is 11.1. The highest BCUT2D eigenvalue weighted by molar-refractivity contribution is 6.30. The first kappa shape index (κ1) is 28.0. The molecule has 5 aromatic rings. The molecule has 0 aliphatic rings. The molecule has 0 bridgehead atoms. The maximum absolute atomic E-state index is 13.3. The molecule has 0 heterocycles. The van der Waals surface area contributed by atoms with Gasteiger partial charge < -0.3 is 14.2 Å². The predicted octanol–water partition coefficient (Wildman–Crippen LogP) is 7.80. The van der Waals surface area contributed by atoms with E-state index in [0.29, 0.717) is 32.9 Å². The third-order valence-corrected chi connectivity index (χ3v) is 6.44. The smallest absolute Gasteiger partial charge is 0.323 e. The highest BCUT2D eigenvalue weighted by Crippen LogP contribution is 2.28. The topological polar surface area (TPSA) is 69.2 Å². The molecule has 0 aliphatic carbocycles. The number of hydrogen-bond donors (Lipinski definition) is 1. The largest absolute Gasteiger partial charge is 0.488 e. The van der Waals surface area contributed by atoms with E-state index in [9.17, 15) is 9.18 Å². The summed E-state index contributed by atoms with van der Waals surface area (Å²) >= 11 is 12.0. The zero-order valence-corrected chi connectivity index (χ0v) is 23.0. The SMILES string of the molecule is O=C(N/N=C\c1c(OCc2ccc(F)cc2)ccc2ccccc12)C(Oc1ccc(Cl)cc1)Oc1ccc(Cl)cc1. The molecule has 1 N–H and O–H groups in total. The Morgan fingerprint density at radius 2 is 1.41 bits per heavy atom. The number of rotatable bonds is 10. The average molecular weight is 589 g/mol. The first-order chi connectivity index (χ1) is 19.9. The minimum atomic E-state index is -1.38. The Morgan fingerprint density at radius 1 is 0.805 bits per heavy atom. The molecule has 0 fully saturated rings. The van der Waals surface area contributed by atoms with Crippen molar-refractivity contribution >= 4 is 46.1 Å². The van der Waals surface area contributed by atoms with Gasteiger partial charge in [0.05, 0.1) is 6.21 Å². The van der Waals surface area contributed by atoms with Gasteiger partial charge in [0, 0.05) is 15.6 Å². The molecule has 0 aliphatic heterocycles. The van der Waals surface area contributed by atoms with Crippen LogP contribution < -0.4 is 19.6 Å². The van der Waals surface area contributed by atoms with Gasteiger partial charge in [-0.15, -0.1) is 0 Å². The Bertz CT molecular complexity index is 1610. The third kappa shape index (κ3) is 7.54. The van der Waals surface area contributed by atoms with Crippen molar-refractivity contribution in [2.24, 2.45) is 5.10 Å². The average Bonchev–Trinajstić information content (AvgIpc) is 2.99. The molecule has 0 saturated carbocycles. The molecule has 9 heteroatoms. The van der Waals surface area contributed by atoms with Crippen LogP contribution in [0, 0.1) is 5.82 Å². The molecule has 6 nitrogen and oxygen atoms in total. The fraction of sp³-hybridized carbons (Fsp3) is 0.0625. The van der Waals surface area contributed by atoms with E-state index in [2.05, 4.69) is 10.5 Å². The van der Waals surface area contributed by atoms with E-state index in [0.717, 1.165) is 16.3 Å². The van der Waals surface area contributed by atoms with Crippen LogP contribution in [0.3, 0.4) is 0 Å². The van der Waals surface area contributed by atoms with Crippen LogP contribution >= 0.6 is 23.2 Å². The summed E-state index contributed by atoms with van der Waals surface area (Å²) < 4.78 is 31.0. The van der Waals surface area contributed by atoms with Crippen molar-refractivity contribution in [3.63, 3.8) is 0 Å². The second kappa shape index (κ2) is 13.2. The van der Waals surface area contributed by atoms with Crippen molar-refractivity contribution in [3.8, 4) is 17.2 Å². The summed E-state index contributed by atoms with van der Waals surface area (Å²) in [5.74, 6) is 0.315. The van der Waals surface area contributed by atoms with E-state index in [-0.39, 0.29) is 12.4 Å². The van der Waals surface area contributed by atoms with Crippen LogP contribution in [0.1, 0.15) is 11.1 Å². The van der Waals surface area contributed by atoms with E-state index in [4.69, 9.17) is 37.4 Å². The van der Waals surface area contributed by atoms with Crippen molar-refractivity contribution in [1.82, 2.24) is 5.43 Å². The number of carbonyl (C=O) groups is 1. The summed E-state index contributed by atoms with van der Waals surface area (Å²) in [5, 5.41) is 7.07. The van der Waals surface area contributed by atoms with Crippen molar-refractivity contribution in [3.05, 3.63) is 136 Å². The number of amides is 1. The number of nitrogens with zero attached hydrogens (tertiary/aromatic N) is 1. The number of fused-ring (bicyclic) bond motifs is 1. The molecule has 1 amide bonds. The number of ether oxygens (including phenoxy) is 3. The van der Waals surface area contributed by atoms with Crippen molar-refractivity contribution < 1.29 is 23.4 Å². The first-order valence-electron chi connectivity index (χ1n) is 12.5. The molecule has 0 aromatic heterocycles. The molecular formula is C32H23Cl2FN2O4. The first-order valence-corrected chi connectivity index (χ1v) is 13.3. The number of carbonyl (C=O) groups excluding carboxylic acids is 1. The number of nitrogens with one attached hydrogen (secondary N) is 1. The molecule has 0 unspecified atom stereocenters. The van der Waals surface area contributed by atoms with Crippen LogP contribution in [-0.2, 0) is 11.4 Å². The molecule has 206 valence electrons. The van der Waals surface area contributed by atoms with Crippen LogP contribution in [0.5, 0.6) is 17.2 Å². The molecule has 0 spiro atoms. The van der Waals surface area contributed by atoms with Crippen LogP contribution in [-0.4, -0.2) is 18.4 Å². The fourth-order valence-corrected chi connectivity index (χ4v) is 4.15. The van der Waals surface area contributed by atoms with Gasteiger partial charge in [-0.3, -0.25) is 4.79 Å². The lowest BCUT2D eigenvalue weighted by molar-refractivity contribution is -0.140.